The number of aryl methyl sites for hydroxylation is 2. The van der Waals surface area contributed by atoms with Crippen molar-refractivity contribution < 1.29 is 12.8 Å². The molecule has 0 saturated carbocycles. The highest BCUT2D eigenvalue weighted by atomic mass is 32.2. The monoisotopic (exact) mass is 490 g/mol. The van der Waals surface area contributed by atoms with Gasteiger partial charge in [-0.1, -0.05) is 36.8 Å². The Bertz CT molecular complexity index is 1700. The van der Waals surface area contributed by atoms with Crippen molar-refractivity contribution in [2.45, 2.75) is 24.7 Å². The molecule has 0 amide bonds. The van der Waals surface area contributed by atoms with Crippen LogP contribution in [-0.2, 0) is 17.1 Å². The fraction of sp³-hybridized carbons (Fsp3) is 0.154. The van der Waals surface area contributed by atoms with Gasteiger partial charge in [0, 0.05) is 36.3 Å². The summed E-state index contributed by atoms with van der Waals surface area (Å²) in [5, 5.41) is 7.20. The van der Waals surface area contributed by atoms with Crippen LogP contribution in [0.2, 0.25) is 0 Å². The molecule has 1 N–H and O–H groups in total. The maximum absolute atomic E-state index is 13.9. The third-order valence-electron chi connectivity index (χ3n) is 6.31. The molecule has 0 aliphatic carbocycles. The van der Waals surface area contributed by atoms with Crippen LogP contribution < -0.4 is 5.56 Å². The van der Waals surface area contributed by atoms with Crippen molar-refractivity contribution in [3.8, 4) is 11.3 Å². The molecule has 5 aromatic rings. The van der Waals surface area contributed by atoms with Crippen LogP contribution in [0.25, 0.3) is 22.2 Å². The Morgan fingerprint density at radius 1 is 1.06 bits per heavy atom. The van der Waals surface area contributed by atoms with Crippen LogP contribution in [0.5, 0.6) is 0 Å². The van der Waals surface area contributed by atoms with Crippen molar-refractivity contribution in [1.29, 1.82) is 0 Å². The quantitative estimate of drug-likeness (QED) is 0.391. The third kappa shape index (κ3) is 3.77. The molecule has 3 aromatic heterocycles. The normalized spacial score (nSPS) is 12.8. The highest BCUT2D eigenvalue weighted by Crippen LogP contribution is 2.36. The van der Waals surface area contributed by atoms with E-state index in [4.69, 9.17) is 0 Å². The Kier molecular flexibility index (Phi) is 5.44. The second-order valence-electron chi connectivity index (χ2n) is 8.64. The first-order chi connectivity index (χ1) is 16.7. The number of aromatic amines is 1. The lowest BCUT2D eigenvalue weighted by atomic mass is 9.92. The molecule has 9 heteroatoms. The standard InChI is InChI=1S/C26H23FN4O3S/c1-16-4-10-21(11-5-16)35(33,34)31-24(19-13-28-29-14-19)12-22-23(15-30(3)26(32)25(22)31)17(2)18-6-8-20(27)9-7-18/h4-15,17H,1-3H3,(H,28,29). The second kappa shape index (κ2) is 8.35. The van der Waals surface area contributed by atoms with E-state index >= 15 is 0 Å². The van der Waals surface area contributed by atoms with E-state index < -0.39 is 15.6 Å². The van der Waals surface area contributed by atoms with Gasteiger partial charge in [0.2, 0.25) is 0 Å². The third-order valence-corrected chi connectivity index (χ3v) is 8.04. The number of nitrogens with one attached hydrogen (secondary N) is 1. The van der Waals surface area contributed by atoms with Gasteiger partial charge in [0.05, 0.1) is 16.8 Å². The van der Waals surface area contributed by atoms with Gasteiger partial charge in [-0.05, 0) is 48.4 Å². The number of rotatable bonds is 5. The fourth-order valence-corrected chi connectivity index (χ4v) is 5.88. The Morgan fingerprint density at radius 3 is 2.37 bits per heavy atom. The average Bonchev–Trinajstić information content (AvgIpc) is 3.50. The van der Waals surface area contributed by atoms with Crippen molar-refractivity contribution in [3.05, 3.63) is 106 Å². The number of halogens is 1. The number of nitrogens with zero attached hydrogens (tertiary/aromatic N) is 3. The van der Waals surface area contributed by atoms with Crippen LogP contribution in [-0.4, -0.2) is 27.2 Å². The van der Waals surface area contributed by atoms with Crippen molar-refractivity contribution in [2.24, 2.45) is 7.05 Å². The predicted molar refractivity (Wildman–Crippen MR) is 132 cm³/mol. The van der Waals surface area contributed by atoms with Crippen molar-refractivity contribution in [3.63, 3.8) is 0 Å². The molecule has 0 aliphatic heterocycles. The van der Waals surface area contributed by atoms with Gasteiger partial charge >= 0.3 is 0 Å². The van der Waals surface area contributed by atoms with Crippen molar-refractivity contribution in [1.82, 2.24) is 18.7 Å². The lowest BCUT2D eigenvalue weighted by Crippen LogP contribution is -2.24. The molecule has 1 atom stereocenters. The summed E-state index contributed by atoms with van der Waals surface area (Å²) in [4.78, 5) is 13.5. The first-order valence-corrected chi connectivity index (χ1v) is 12.4. The maximum atomic E-state index is 13.9. The van der Waals surface area contributed by atoms with Crippen LogP contribution >= 0.6 is 0 Å². The molecule has 2 aromatic carbocycles. The van der Waals surface area contributed by atoms with Gasteiger partial charge in [-0.3, -0.25) is 9.89 Å². The zero-order chi connectivity index (χ0) is 24.9. The van der Waals surface area contributed by atoms with Gasteiger partial charge in [-0.2, -0.15) is 5.10 Å². The summed E-state index contributed by atoms with van der Waals surface area (Å²) < 4.78 is 43.9. The van der Waals surface area contributed by atoms with Crippen LogP contribution in [0.4, 0.5) is 4.39 Å². The minimum Gasteiger partial charge on any atom is -0.316 e. The molecule has 0 bridgehead atoms. The minimum atomic E-state index is -4.14. The highest BCUT2D eigenvalue weighted by Gasteiger charge is 2.28. The molecule has 0 aliphatic rings. The summed E-state index contributed by atoms with van der Waals surface area (Å²) in [6.07, 6.45) is 4.81. The molecule has 178 valence electrons. The van der Waals surface area contributed by atoms with E-state index in [0.717, 1.165) is 20.7 Å². The number of aromatic nitrogens is 4. The number of H-pyrrole nitrogens is 1. The van der Waals surface area contributed by atoms with Crippen molar-refractivity contribution >= 4 is 20.9 Å². The first kappa shape index (κ1) is 22.8. The van der Waals surface area contributed by atoms with E-state index in [1.165, 1.54) is 35.0 Å². The zero-order valence-corrected chi connectivity index (χ0v) is 20.2. The van der Waals surface area contributed by atoms with E-state index in [2.05, 4.69) is 10.2 Å². The Balaban J connectivity index is 1.86. The van der Waals surface area contributed by atoms with Gasteiger partial charge in [-0.25, -0.2) is 16.8 Å². The Morgan fingerprint density at radius 2 is 1.74 bits per heavy atom. The smallest absolute Gasteiger partial charge is 0.275 e. The molecular weight excluding hydrogens is 467 g/mol. The summed E-state index contributed by atoms with van der Waals surface area (Å²) >= 11 is 0. The largest absolute Gasteiger partial charge is 0.316 e. The molecule has 1 unspecified atom stereocenters. The van der Waals surface area contributed by atoms with Gasteiger partial charge in [0.1, 0.15) is 11.3 Å². The predicted octanol–water partition coefficient (Wildman–Crippen LogP) is 4.57. The van der Waals surface area contributed by atoms with E-state index in [1.54, 1.807) is 49.8 Å². The molecule has 3 heterocycles. The average molecular weight is 491 g/mol. The van der Waals surface area contributed by atoms with Gasteiger partial charge in [0.15, 0.2) is 0 Å². The van der Waals surface area contributed by atoms with Gasteiger partial charge < -0.3 is 4.57 Å². The first-order valence-electron chi connectivity index (χ1n) is 11.0. The van der Waals surface area contributed by atoms with Gasteiger partial charge in [0.25, 0.3) is 15.6 Å². The Labute approximate surface area is 201 Å². The molecule has 35 heavy (non-hydrogen) atoms. The minimum absolute atomic E-state index is 0.0516. The van der Waals surface area contributed by atoms with E-state index in [1.807, 2.05) is 13.8 Å². The lowest BCUT2D eigenvalue weighted by Gasteiger charge is -2.16. The number of fused-ring (bicyclic) bond motifs is 1. The summed E-state index contributed by atoms with van der Waals surface area (Å²) in [5.41, 5.74) is 2.96. The summed E-state index contributed by atoms with van der Waals surface area (Å²) in [5.74, 6) is -0.579. The lowest BCUT2D eigenvalue weighted by molar-refractivity contribution is 0.589. The number of hydrogen-bond acceptors (Lipinski definition) is 4. The van der Waals surface area contributed by atoms with E-state index in [0.29, 0.717) is 16.6 Å². The van der Waals surface area contributed by atoms with Crippen LogP contribution in [0.1, 0.15) is 29.5 Å². The molecular formula is C26H23FN4O3S. The second-order valence-corrected chi connectivity index (χ2v) is 10.4. The maximum Gasteiger partial charge on any atom is 0.275 e. The van der Waals surface area contributed by atoms with Crippen LogP contribution in [0.3, 0.4) is 0 Å². The number of pyridine rings is 1. The molecule has 0 radical (unpaired) electrons. The van der Waals surface area contributed by atoms with Gasteiger partial charge in [-0.15, -0.1) is 0 Å². The van der Waals surface area contributed by atoms with Crippen LogP contribution in [0.15, 0.2) is 82.9 Å². The molecule has 0 fully saturated rings. The molecule has 7 nitrogen and oxygen atoms in total. The highest BCUT2D eigenvalue weighted by molar-refractivity contribution is 7.90. The fourth-order valence-electron chi connectivity index (χ4n) is 4.35. The molecule has 5 rings (SSSR count). The summed E-state index contributed by atoms with van der Waals surface area (Å²) in [6, 6.07) is 14.4. The SMILES string of the molecule is Cc1ccc(S(=O)(=O)n2c(-c3cn[nH]c3)cc3c(C(C)c4ccc(F)cc4)cn(C)c(=O)c32)cc1. The van der Waals surface area contributed by atoms with E-state index in [9.17, 15) is 17.6 Å². The number of benzene rings is 2. The molecule has 0 spiro atoms. The summed E-state index contributed by atoms with van der Waals surface area (Å²) in [6.45, 7) is 3.81. The number of hydrogen-bond donors (Lipinski definition) is 1. The summed E-state index contributed by atoms with van der Waals surface area (Å²) in [7, 11) is -2.54. The zero-order valence-electron chi connectivity index (χ0n) is 19.4. The van der Waals surface area contributed by atoms with Crippen molar-refractivity contribution in [2.75, 3.05) is 0 Å². The topological polar surface area (TPSA) is 89.8 Å². The van der Waals surface area contributed by atoms with Crippen LogP contribution in [0, 0.1) is 12.7 Å². The Hall–Kier alpha value is -3.98. The van der Waals surface area contributed by atoms with E-state index in [-0.39, 0.29) is 22.1 Å². The molecule has 0 saturated heterocycles.